The Bertz CT molecular complexity index is 1150. The summed E-state index contributed by atoms with van der Waals surface area (Å²) in [5, 5.41) is 0. The molecule has 2 aromatic carbocycles. The zero-order valence-corrected chi connectivity index (χ0v) is 24.3. The van der Waals surface area contributed by atoms with E-state index in [0.29, 0.717) is 12.5 Å². The summed E-state index contributed by atoms with van der Waals surface area (Å²) in [6.45, 7) is 19.3. The van der Waals surface area contributed by atoms with Crippen molar-refractivity contribution in [1.82, 2.24) is 9.88 Å². The highest BCUT2D eigenvalue weighted by molar-refractivity contribution is 5.69. The van der Waals surface area contributed by atoms with Crippen molar-refractivity contribution in [2.24, 2.45) is 0 Å². The van der Waals surface area contributed by atoms with E-state index < -0.39 is 0 Å². The van der Waals surface area contributed by atoms with Crippen LogP contribution in [0, 0.1) is 13.8 Å². The molecule has 0 N–H and O–H groups in total. The van der Waals surface area contributed by atoms with Gasteiger partial charge in [0.05, 0.1) is 12.3 Å². The van der Waals surface area contributed by atoms with Gasteiger partial charge in [-0.3, -0.25) is 9.88 Å². The van der Waals surface area contributed by atoms with Gasteiger partial charge in [0.15, 0.2) is 0 Å². The number of pyridine rings is 1. The fourth-order valence-corrected chi connectivity index (χ4v) is 4.89. The first-order chi connectivity index (χ1) is 17.8. The molecule has 1 heterocycles. The Morgan fingerprint density at radius 3 is 2.22 bits per heavy atom. The maximum Gasteiger partial charge on any atom is 0.123 e. The first-order valence-electron chi connectivity index (χ1n) is 13.9. The van der Waals surface area contributed by atoms with E-state index in [2.05, 4.69) is 95.8 Å². The molecule has 0 spiro atoms. The largest absolute Gasteiger partial charge is 0.489 e. The highest BCUT2D eigenvalue weighted by Gasteiger charge is 2.18. The Balaban J connectivity index is 2.06. The second kappa shape index (κ2) is 13.7. The normalized spacial score (nSPS) is 11.5. The second-order valence-electron chi connectivity index (χ2n) is 10.2. The Hall–Kier alpha value is -2.69. The summed E-state index contributed by atoms with van der Waals surface area (Å²) in [4.78, 5) is 7.61. The minimum atomic E-state index is 0.464. The van der Waals surface area contributed by atoms with Gasteiger partial charge in [-0.2, -0.15) is 0 Å². The molecule has 0 aliphatic carbocycles. The summed E-state index contributed by atoms with van der Waals surface area (Å²) in [6.07, 6.45) is 1.98. The average Bonchev–Trinajstić information content (AvgIpc) is 2.90. The van der Waals surface area contributed by atoms with Crippen molar-refractivity contribution in [3.63, 3.8) is 0 Å². The van der Waals surface area contributed by atoms with Gasteiger partial charge in [-0.05, 0) is 79.1 Å². The van der Waals surface area contributed by atoms with Crippen LogP contribution < -0.4 is 4.74 Å². The van der Waals surface area contributed by atoms with Crippen molar-refractivity contribution in [2.45, 2.75) is 80.4 Å². The van der Waals surface area contributed by atoms with Crippen molar-refractivity contribution in [2.75, 3.05) is 26.8 Å². The molecule has 0 fully saturated rings. The molecule has 37 heavy (non-hydrogen) atoms. The second-order valence-corrected chi connectivity index (χ2v) is 10.2. The van der Waals surface area contributed by atoms with Crippen LogP contribution in [0.4, 0.5) is 0 Å². The third-order valence-corrected chi connectivity index (χ3v) is 7.38. The van der Waals surface area contributed by atoms with Gasteiger partial charge in [0.1, 0.15) is 12.4 Å². The predicted molar refractivity (Wildman–Crippen MR) is 156 cm³/mol. The number of aromatic nitrogens is 1. The van der Waals surface area contributed by atoms with Crippen molar-refractivity contribution in [3.05, 3.63) is 81.5 Å². The van der Waals surface area contributed by atoms with Crippen LogP contribution in [0.5, 0.6) is 5.75 Å². The SMILES string of the molecule is CCc1cccc(CC)c1-c1cc(CN(CC)CCOC)c(COc2cc(C(C)C)ccc2C)c(C)n1. The summed E-state index contributed by atoms with van der Waals surface area (Å²) in [6, 6.07) is 15.5. The molecule has 0 unspecified atom stereocenters. The van der Waals surface area contributed by atoms with Gasteiger partial charge in [-0.15, -0.1) is 0 Å². The number of nitrogens with zero attached hydrogens (tertiary/aromatic N) is 2. The third-order valence-electron chi connectivity index (χ3n) is 7.38. The van der Waals surface area contributed by atoms with Crippen molar-refractivity contribution in [1.29, 1.82) is 0 Å². The van der Waals surface area contributed by atoms with Gasteiger partial charge in [0, 0.05) is 37.0 Å². The summed E-state index contributed by atoms with van der Waals surface area (Å²) in [7, 11) is 1.77. The van der Waals surface area contributed by atoms with Crippen LogP contribution in [0.2, 0.25) is 0 Å². The third kappa shape index (κ3) is 7.21. The molecule has 0 aliphatic heterocycles. The molecule has 0 bridgehead atoms. The molecule has 1 aromatic heterocycles. The van der Waals surface area contributed by atoms with Gasteiger partial charge in [0.25, 0.3) is 0 Å². The van der Waals surface area contributed by atoms with E-state index in [1.807, 2.05) is 0 Å². The lowest BCUT2D eigenvalue weighted by molar-refractivity contribution is 0.147. The fourth-order valence-electron chi connectivity index (χ4n) is 4.89. The van der Waals surface area contributed by atoms with E-state index in [-0.39, 0.29) is 0 Å². The lowest BCUT2D eigenvalue weighted by atomic mass is 9.93. The molecule has 0 saturated heterocycles. The molecule has 0 aliphatic rings. The first-order valence-corrected chi connectivity index (χ1v) is 13.9. The molecule has 3 aromatic rings. The van der Waals surface area contributed by atoms with Crippen LogP contribution in [-0.4, -0.2) is 36.7 Å². The van der Waals surface area contributed by atoms with Crippen LogP contribution in [-0.2, 0) is 30.7 Å². The topological polar surface area (TPSA) is 34.6 Å². The lowest BCUT2D eigenvalue weighted by Gasteiger charge is -2.24. The van der Waals surface area contributed by atoms with E-state index in [4.69, 9.17) is 14.5 Å². The van der Waals surface area contributed by atoms with Crippen LogP contribution in [0.1, 0.15) is 79.6 Å². The Morgan fingerprint density at radius 1 is 0.919 bits per heavy atom. The van der Waals surface area contributed by atoms with Crippen molar-refractivity contribution < 1.29 is 9.47 Å². The lowest BCUT2D eigenvalue weighted by Crippen LogP contribution is -2.27. The first kappa shape index (κ1) is 28.9. The number of hydrogen-bond donors (Lipinski definition) is 0. The van der Waals surface area contributed by atoms with Gasteiger partial charge >= 0.3 is 0 Å². The van der Waals surface area contributed by atoms with Crippen LogP contribution >= 0.6 is 0 Å². The van der Waals surface area contributed by atoms with Gasteiger partial charge in [0.2, 0.25) is 0 Å². The molecular weight excluding hydrogens is 456 g/mol. The highest BCUT2D eigenvalue weighted by Crippen LogP contribution is 2.32. The molecular formula is C33H46N2O2. The number of ether oxygens (including phenoxy) is 2. The summed E-state index contributed by atoms with van der Waals surface area (Å²) in [5.41, 5.74) is 11.0. The molecule has 0 saturated carbocycles. The van der Waals surface area contributed by atoms with E-state index in [1.54, 1.807) is 7.11 Å². The summed E-state index contributed by atoms with van der Waals surface area (Å²) in [5.74, 6) is 1.42. The van der Waals surface area contributed by atoms with Crippen molar-refractivity contribution >= 4 is 0 Å². The monoisotopic (exact) mass is 502 g/mol. The number of aryl methyl sites for hydroxylation is 4. The summed E-state index contributed by atoms with van der Waals surface area (Å²) < 4.78 is 11.9. The predicted octanol–water partition coefficient (Wildman–Crippen LogP) is 7.66. The van der Waals surface area contributed by atoms with E-state index in [9.17, 15) is 0 Å². The smallest absolute Gasteiger partial charge is 0.123 e. The Morgan fingerprint density at radius 2 is 1.62 bits per heavy atom. The van der Waals surface area contributed by atoms with E-state index in [0.717, 1.165) is 61.8 Å². The van der Waals surface area contributed by atoms with Crippen LogP contribution in [0.25, 0.3) is 11.3 Å². The molecule has 0 radical (unpaired) electrons. The quantitative estimate of drug-likeness (QED) is 0.240. The zero-order chi connectivity index (χ0) is 26.9. The Kier molecular flexibility index (Phi) is 10.7. The molecule has 200 valence electrons. The van der Waals surface area contributed by atoms with E-state index >= 15 is 0 Å². The van der Waals surface area contributed by atoms with E-state index in [1.165, 1.54) is 33.4 Å². The number of benzene rings is 2. The summed E-state index contributed by atoms with van der Waals surface area (Å²) >= 11 is 0. The van der Waals surface area contributed by atoms with Gasteiger partial charge in [-0.1, -0.05) is 65.0 Å². The minimum Gasteiger partial charge on any atom is -0.489 e. The maximum absolute atomic E-state index is 6.48. The molecule has 3 rings (SSSR count). The highest BCUT2D eigenvalue weighted by atomic mass is 16.5. The maximum atomic E-state index is 6.48. The Labute approximate surface area is 225 Å². The number of hydrogen-bond acceptors (Lipinski definition) is 4. The molecule has 4 nitrogen and oxygen atoms in total. The average molecular weight is 503 g/mol. The van der Waals surface area contributed by atoms with Gasteiger partial charge < -0.3 is 9.47 Å². The minimum absolute atomic E-state index is 0.464. The zero-order valence-electron chi connectivity index (χ0n) is 24.3. The molecule has 0 amide bonds. The number of likely N-dealkylation sites (N-methyl/N-ethyl adjacent to an activating group) is 1. The van der Waals surface area contributed by atoms with Crippen LogP contribution in [0.3, 0.4) is 0 Å². The van der Waals surface area contributed by atoms with Crippen molar-refractivity contribution in [3.8, 4) is 17.0 Å². The molecule has 4 heteroatoms. The molecule has 0 atom stereocenters. The fraction of sp³-hybridized carbons (Fsp3) is 0.485. The van der Waals surface area contributed by atoms with Gasteiger partial charge in [-0.25, -0.2) is 0 Å². The standard InChI is InChI=1S/C33H46N2O2/c1-9-26-13-12-14-27(10-2)33(26)31-19-29(21-35(11-3)17-18-36-8)30(25(7)34-31)22-37-32-20-28(23(4)5)16-15-24(32)6/h12-16,19-20,23H,9-11,17-18,21-22H2,1-8H3. The van der Waals surface area contributed by atoms with Crippen LogP contribution in [0.15, 0.2) is 42.5 Å². The number of methoxy groups -OCH3 is 1. The number of rotatable bonds is 13.